The fourth-order valence-corrected chi connectivity index (χ4v) is 6.97. The van der Waals surface area contributed by atoms with Crippen molar-refractivity contribution in [2.75, 3.05) is 13.2 Å². The average molecular weight is 705 g/mol. The van der Waals surface area contributed by atoms with Crippen molar-refractivity contribution in [2.24, 2.45) is 0 Å². The first-order valence-electron chi connectivity index (χ1n) is 18.7. The van der Waals surface area contributed by atoms with Crippen molar-refractivity contribution in [3.05, 3.63) is 115 Å². The van der Waals surface area contributed by atoms with Gasteiger partial charge in [-0.15, -0.1) is 0 Å². The lowest BCUT2D eigenvalue weighted by molar-refractivity contribution is 0.100. The zero-order valence-electron chi connectivity index (χ0n) is 32.8. The van der Waals surface area contributed by atoms with Crippen LogP contribution in [0.5, 0.6) is 23.0 Å². The van der Waals surface area contributed by atoms with Crippen LogP contribution in [-0.4, -0.2) is 35.0 Å². The summed E-state index contributed by atoms with van der Waals surface area (Å²) in [6.45, 7) is 21.1. The summed E-state index contributed by atoms with van der Waals surface area (Å²) in [7, 11) is 0. The number of ether oxygens (including phenoxy) is 2. The minimum absolute atomic E-state index is 0.0784. The molecule has 1 aliphatic rings. The summed E-state index contributed by atoms with van der Waals surface area (Å²) in [4.78, 5) is 26.0. The minimum Gasteiger partial charge on any atom is -0.507 e. The van der Waals surface area contributed by atoms with Gasteiger partial charge in [-0.05, 0) is 117 Å². The Kier molecular flexibility index (Phi) is 11.3. The largest absolute Gasteiger partial charge is 0.507 e. The van der Waals surface area contributed by atoms with Crippen LogP contribution in [0.15, 0.2) is 48.5 Å². The van der Waals surface area contributed by atoms with Crippen LogP contribution in [0.25, 0.3) is 0 Å². The van der Waals surface area contributed by atoms with Crippen LogP contribution in [0.2, 0.25) is 0 Å². The highest BCUT2D eigenvalue weighted by atomic mass is 16.5. The monoisotopic (exact) mass is 704 g/mol. The highest BCUT2D eigenvalue weighted by Gasteiger charge is 2.27. The Morgan fingerprint density at radius 3 is 1.00 bits per heavy atom. The first kappa shape index (κ1) is 38.6. The SMILES string of the molecule is CCCOc1c2cc(C(C)(C)C)cc1Cc1cc(C(C)=O)cc(c1O)Cc1cc(C(C)(C)C)cc(c1OCCC)Cc1cc(C(C)=O)cc(c1O)C2. The van der Waals surface area contributed by atoms with Gasteiger partial charge in [0.2, 0.25) is 0 Å². The number of fused-ring (bicyclic) bond motifs is 8. The molecule has 0 radical (unpaired) electrons. The van der Waals surface area contributed by atoms with Crippen molar-refractivity contribution in [3.8, 4) is 23.0 Å². The lowest BCUT2D eigenvalue weighted by Crippen LogP contribution is -2.15. The van der Waals surface area contributed by atoms with Crippen molar-refractivity contribution in [2.45, 2.75) is 119 Å². The summed E-state index contributed by atoms with van der Waals surface area (Å²) in [5.41, 5.74) is 8.88. The van der Waals surface area contributed by atoms with Gasteiger partial charge in [-0.1, -0.05) is 79.7 Å². The van der Waals surface area contributed by atoms with E-state index in [0.717, 1.165) is 46.2 Å². The fraction of sp³-hybridized carbons (Fsp3) is 0.435. The van der Waals surface area contributed by atoms with Crippen molar-refractivity contribution in [1.82, 2.24) is 0 Å². The molecular formula is C46H56O6. The van der Waals surface area contributed by atoms with Gasteiger partial charge in [-0.2, -0.15) is 0 Å². The molecule has 0 heterocycles. The summed E-state index contributed by atoms with van der Waals surface area (Å²) >= 11 is 0. The normalized spacial score (nSPS) is 13.1. The van der Waals surface area contributed by atoms with E-state index in [1.807, 2.05) is 0 Å². The van der Waals surface area contributed by atoms with Crippen LogP contribution in [0.4, 0.5) is 0 Å². The molecule has 8 bridgehead atoms. The second kappa shape index (κ2) is 15.2. The molecule has 0 aliphatic heterocycles. The highest BCUT2D eigenvalue weighted by Crippen LogP contribution is 2.42. The van der Waals surface area contributed by atoms with Gasteiger partial charge in [0.15, 0.2) is 11.6 Å². The molecule has 6 nitrogen and oxygen atoms in total. The lowest BCUT2D eigenvalue weighted by Gasteiger charge is -2.26. The molecule has 6 heteroatoms. The summed E-state index contributed by atoms with van der Waals surface area (Å²) in [6.07, 6.45) is 2.89. The maximum atomic E-state index is 13.0. The molecule has 0 saturated heterocycles. The summed E-state index contributed by atoms with van der Waals surface area (Å²) in [5.74, 6) is 1.54. The molecule has 0 amide bonds. The predicted molar refractivity (Wildman–Crippen MR) is 209 cm³/mol. The maximum absolute atomic E-state index is 13.0. The second-order valence-electron chi connectivity index (χ2n) is 16.5. The van der Waals surface area contributed by atoms with E-state index < -0.39 is 0 Å². The molecule has 0 fully saturated rings. The molecule has 52 heavy (non-hydrogen) atoms. The van der Waals surface area contributed by atoms with Crippen molar-refractivity contribution < 1.29 is 29.3 Å². The second-order valence-corrected chi connectivity index (χ2v) is 16.5. The van der Waals surface area contributed by atoms with Crippen LogP contribution >= 0.6 is 0 Å². The topological polar surface area (TPSA) is 93.1 Å². The summed E-state index contributed by atoms with van der Waals surface area (Å²) in [5, 5.41) is 24.2. The molecule has 0 aromatic heterocycles. The number of phenolic OH excluding ortho intramolecular Hbond substituents is 2. The molecule has 2 N–H and O–H groups in total. The van der Waals surface area contributed by atoms with Gasteiger partial charge in [0.05, 0.1) is 13.2 Å². The molecule has 0 atom stereocenters. The number of carbonyl (C=O) groups is 2. The van der Waals surface area contributed by atoms with Crippen LogP contribution < -0.4 is 9.47 Å². The molecule has 0 unspecified atom stereocenters. The van der Waals surface area contributed by atoms with Crippen molar-refractivity contribution in [1.29, 1.82) is 0 Å². The highest BCUT2D eigenvalue weighted by molar-refractivity contribution is 5.95. The number of aromatic hydroxyl groups is 2. The third kappa shape index (κ3) is 8.38. The van der Waals surface area contributed by atoms with Gasteiger partial charge in [0, 0.05) is 36.8 Å². The third-order valence-corrected chi connectivity index (χ3v) is 9.99. The van der Waals surface area contributed by atoms with Crippen molar-refractivity contribution >= 4 is 11.6 Å². The van der Waals surface area contributed by atoms with Gasteiger partial charge >= 0.3 is 0 Å². The smallest absolute Gasteiger partial charge is 0.159 e. The molecule has 4 aromatic rings. The fourth-order valence-electron chi connectivity index (χ4n) is 6.97. The van der Waals surface area contributed by atoms with E-state index in [0.29, 0.717) is 83.8 Å². The van der Waals surface area contributed by atoms with Gasteiger partial charge in [0.1, 0.15) is 23.0 Å². The van der Waals surface area contributed by atoms with E-state index >= 15 is 0 Å². The van der Waals surface area contributed by atoms with Gasteiger partial charge < -0.3 is 19.7 Å². The molecule has 1 aliphatic carbocycles. The average Bonchev–Trinajstić information content (AvgIpc) is 3.05. The Balaban J connectivity index is 1.92. The number of ketones is 2. The van der Waals surface area contributed by atoms with Gasteiger partial charge in [0.25, 0.3) is 0 Å². The standard InChI is InChI=1S/C46H56O6/c1-11-13-51-43-35-19-31-15-29(27(3)47)17-33(41(31)49)21-37-25-40(46(8,9)10)26-38(44(37)52-14-12-2)22-34-18-30(28(4)48)16-32(42(34)50)20-36(43)24-39(23-35)45(5,6)7/h15-18,23-26,49-50H,11-14,19-22H2,1-10H3. The van der Waals surface area contributed by atoms with Crippen LogP contribution in [-0.2, 0) is 36.5 Å². The van der Waals surface area contributed by atoms with Crippen molar-refractivity contribution in [3.63, 3.8) is 0 Å². The van der Waals surface area contributed by atoms with E-state index in [4.69, 9.17) is 9.47 Å². The summed E-state index contributed by atoms with van der Waals surface area (Å²) in [6, 6.07) is 15.8. The quantitative estimate of drug-likeness (QED) is 0.156. The lowest BCUT2D eigenvalue weighted by atomic mass is 9.81. The number of carbonyl (C=O) groups excluding carboxylic acids is 2. The van der Waals surface area contributed by atoms with E-state index in [9.17, 15) is 19.8 Å². The van der Waals surface area contributed by atoms with Gasteiger partial charge in [-0.25, -0.2) is 0 Å². The molecule has 276 valence electrons. The Bertz CT molecular complexity index is 1760. The van der Waals surface area contributed by atoms with E-state index in [2.05, 4.69) is 79.7 Å². The minimum atomic E-state index is -0.223. The number of rotatable bonds is 8. The Morgan fingerprint density at radius 1 is 0.519 bits per heavy atom. The molecule has 0 spiro atoms. The van der Waals surface area contributed by atoms with Crippen LogP contribution in [0, 0.1) is 0 Å². The Hall–Kier alpha value is -4.58. The number of benzene rings is 4. The Morgan fingerprint density at radius 2 is 0.788 bits per heavy atom. The maximum Gasteiger partial charge on any atom is 0.159 e. The van der Waals surface area contributed by atoms with E-state index in [-0.39, 0.29) is 33.9 Å². The molecular weight excluding hydrogens is 649 g/mol. The number of phenols is 2. The number of Topliss-reactive ketones (excluding diaryl/α,β-unsaturated/α-hetero) is 2. The molecule has 5 rings (SSSR count). The Labute approximate surface area is 310 Å². The number of hydrogen-bond donors (Lipinski definition) is 2. The van der Waals surface area contributed by atoms with E-state index in [1.54, 1.807) is 38.1 Å². The van der Waals surface area contributed by atoms with Crippen LogP contribution in [0.1, 0.15) is 158 Å². The predicted octanol–water partition coefficient (Wildman–Crippen LogP) is 10.4. The van der Waals surface area contributed by atoms with Gasteiger partial charge in [-0.3, -0.25) is 9.59 Å². The van der Waals surface area contributed by atoms with E-state index in [1.165, 1.54) is 0 Å². The zero-order valence-corrected chi connectivity index (χ0v) is 32.8. The first-order chi connectivity index (χ1) is 24.4. The zero-order chi connectivity index (χ0) is 38.1. The molecule has 4 aromatic carbocycles. The summed E-state index contributed by atoms with van der Waals surface area (Å²) < 4.78 is 13.1. The van der Waals surface area contributed by atoms with Crippen LogP contribution in [0.3, 0.4) is 0 Å². The first-order valence-corrected chi connectivity index (χ1v) is 18.7. The third-order valence-electron chi connectivity index (χ3n) is 9.99. The number of hydrogen-bond acceptors (Lipinski definition) is 6. The molecule has 0 saturated carbocycles.